The highest BCUT2D eigenvalue weighted by molar-refractivity contribution is 6.31. The Labute approximate surface area is 135 Å². The molecule has 0 fully saturated rings. The van der Waals surface area contributed by atoms with Crippen LogP contribution in [0.1, 0.15) is 38.4 Å². The molecule has 0 aliphatic rings. The maximum absolute atomic E-state index is 12.1. The number of carbonyl (C=O) groups is 1. The van der Waals surface area contributed by atoms with Gasteiger partial charge in [-0.1, -0.05) is 29.8 Å². The number of amides is 1. The van der Waals surface area contributed by atoms with E-state index in [0.717, 1.165) is 5.56 Å². The Balaban J connectivity index is 1.90. The van der Waals surface area contributed by atoms with Gasteiger partial charge < -0.3 is 10.6 Å². The lowest BCUT2D eigenvalue weighted by molar-refractivity contribution is -0.115. The van der Waals surface area contributed by atoms with Crippen molar-refractivity contribution in [2.75, 3.05) is 11.9 Å². The number of hydrogen-bond donors (Lipinski definition) is 2. The molecule has 0 unspecified atom stereocenters. The standard InChI is InChI=1S/C16H21ClN4O/c1-11(2)21-15(8-9-19-21)20-16(22)10-18-12(3)13-6-4-5-7-14(13)17/h4-9,11-12,18H,10H2,1-3H3,(H,20,22)/t12-/m0/s1. The number of benzene rings is 1. The van der Waals surface area contributed by atoms with E-state index in [2.05, 4.69) is 15.7 Å². The molecule has 2 N–H and O–H groups in total. The van der Waals surface area contributed by atoms with Gasteiger partial charge in [0.1, 0.15) is 5.82 Å². The third-order valence-corrected chi connectivity index (χ3v) is 3.71. The minimum absolute atomic E-state index is 0.00513. The average Bonchev–Trinajstić information content (AvgIpc) is 2.93. The molecule has 1 aromatic heterocycles. The van der Waals surface area contributed by atoms with Gasteiger partial charge in [-0.2, -0.15) is 5.10 Å². The van der Waals surface area contributed by atoms with Crippen molar-refractivity contribution in [2.45, 2.75) is 32.9 Å². The van der Waals surface area contributed by atoms with Gasteiger partial charge in [-0.25, -0.2) is 4.68 Å². The molecule has 0 saturated carbocycles. The normalized spacial score (nSPS) is 12.4. The van der Waals surface area contributed by atoms with Gasteiger partial charge in [0, 0.05) is 23.2 Å². The number of halogens is 1. The van der Waals surface area contributed by atoms with E-state index in [9.17, 15) is 4.79 Å². The summed E-state index contributed by atoms with van der Waals surface area (Å²) in [5.41, 5.74) is 0.976. The molecular formula is C16H21ClN4O. The van der Waals surface area contributed by atoms with E-state index in [4.69, 9.17) is 11.6 Å². The van der Waals surface area contributed by atoms with Gasteiger partial charge in [0.15, 0.2) is 0 Å². The van der Waals surface area contributed by atoms with Crippen molar-refractivity contribution in [3.8, 4) is 0 Å². The quantitative estimate of drug-likeness (QED) is 0.857. The van der Waals surface area contributed by atoms with Crippen molar-refractivity contribution in [2.24, 2.45) is 0 Å². The molecule has 0 aliphatic carbocycles. The minimum atomic E-state index is -0.110. The fourth-order valence-corrected chi connectivity index (χ4v) is 2.49. The number of carbonyl (C=O) groups excluding carboxylic acids is 1. The first kappa shape index (κ1) is 16.5. The van der Waals surface area contributed by atoms with Crippen LogP contribution in [-0.4, -0.2) is 22.2 Å². The minimum Gasteiger partial charge on any atom is -0.310 e. The highest BCUT2D eigenvalue weighted by Gasteiger charge is 2.12. The van der Waals surface area contributed by atoms with Crippen molar-refractivity contribution >= 4 is 23.3 Å². The summed E-state index contributed by atoms with van der Waals surface area (Å²) in [6, 6.07) is 9.59. The van der Waals surface area contributed by atoms with Crippen LogP contribution in [0, 0.1) is 0 Å². The van der Waals surface area contributed by atoms with Crippen LogP contribution in [0.25, 0.3) is 0 Å². The fraction of sp³-hybridized carbons (Fsp3) is 0.375. The molecule has 1 aromatic carbocycles. The van der Waals surface area contributed by atoms with E-state index >= 15 is 0 Å². The molecule has 6 heteroatoms. The van der Waals surface area contributed by atoms with Crippen LogP contribution in [-0.2, 0) is 4.79 Å². The van der Waals surface area contributed by atoms with Crippen LogP contribution in [0.2, 0.25) is 5.02 Å². The summed E-state index contributed by atoms with van der Waals surface area (Å²) < 4.78 is 1.77. The maximum Gasteiger partial charge on any atom is 0.239 e. The summed E-state index contributed by atoms with van der Waals surface area (Å²) in [6.45, 7) is 6.21. The smallest absolute Gasteiger partial charge is 0.239 e. The lowest BCUT2D eigenvalue weighted by Crippen LogP contribution is -2.31. The number of nitrogens with one attached hydrogen (secondary N) is 2. The molecule has 0 spiro atoms. The van der Waals surface area contributed by atoms with Crippen molar-refractivity contribution in [3.05, 3.63) is 47.1 Å². The molecular weight excluding hydrogens is 300 g/mol. The first-order valence-electron chi connectivity index (χ1n) is 7.30. The largest absolute Gasteiger partial charge is 0.310 e. The molecule has 1 heterocycles. The van der Waals surface area contributed by atoms with Crippen molar-refractivity contribution < 1.29 is 4.79 Å². The highest BCUT2D eigenvalue weighted by Crippen LogP contribution is 2.21. The predicted molar refractivity (Wildman–Crippen MR) is 89.1 cm³/mol. The first-order valence-corrected chi connectivity index (χ1v) is 7.68. The molecule has 5 nitrogen and oxygen atoms in total. The molecule has 0 radical (unpaired) electrons. The maximum atomic E-state index is 12.1. The molecule has 118 valence electrons. The summed E-state index contributed by atoms with van der Waals surface area (Å²) in [5, 5.41) is 10.9. The van der Waals surface area contributed by atoms with Gasteiger partial charge in [-0.05, 0) is 32.4 Å². The molecule has 2 rings (SSSR count). The summed E-state index contributed by atoms with van der Waals surface area (Å²) in [7, 11) is 0. The van der Waals surface area contributed by atoms with Gasteiger partial charge in [-0.3, -0.25) is 4.79 Å². The Morgan fingerprint density at radius 2 is 2.00 bits per heavy atom. The topological polar surface area (TPSA) is 59.0 Å². The Morgan fingerprint density at radius 3 is 2.68 bits per heavy atom. The second-order valence-electron chi connectivity index (χ2n) is 5.43. The van der Waals surface area contributed by atoms with Crippen LogP contribution in [0.3, 0.4) is 0 Å². The summed E-state index contributed by atoms with van der Waals surface area (Å²) in [6.07, 6.45) is 1.68. The lowest BCUT2D eigenvalue weighted by atomic mass is 10.1. The molecule has 2 aromatic rings. The molecule has 22 heavy (non-hydrogen) atoms. The van der Waals surface area contributed by atoms with Crippen molar-refractivity contribution in [1.29, 1.82) is 0 Å². The zero-order chi connectivity index (χ0) is 16.1. The Hall–Kier alpha value is -1.85. The van der Waals surface area contributed by atoms with Crippen molar-refractivity contribution in [3.63, 3.8) is 0 Å². The number of rotatable bonds is 6. The summed E-state index contributed by atoms with van der Waals surface area (Å²) in [5.74, 6) is 0.591. The van der Waals surface area contributed by atoms with Gasteiger partial charge in [-0.15, -0.1) is 0 Å². The number of hydrogen-bond acceptors (Lipinski definition) is 3. The van der Waals surface area contributed by atoms with Crippen LogP contribution < -0.4 is 10.6 Å². The van der Waals surface area contributed by atoms with Gasteiger partial charge in [0.05, 0.1) is 12.7 Å². The predicted octanol–water partition coefficient (Wildman–Crippen LogP) is 3.41. The Kier molecular flexibility index (Phi) is 5.57. The highest BCUT2D eigenvalue weighted by atomic mass is 35.5. The van der Waals surface area contributed by atoms with Gasteiger partial charge in [0.25, 0.3) is 0 Å². The summed E-state index contributed by atoms with van der Waals surface area (Å²) in [4.78, 5) is 12.1. The second-order valence-corrected chi connectivity index (χ2v) is 5.83. The Morgan fingerprint density at radius 1 is 1.27 bits per heavy atom. The number of aromatic nitrogens is 2. The van der Waals surface area contributed by atoms with E-state index in [0.29, 0.717) is 10.8 Å². The molecule has 1 atom stereocenters. The van der Waals surface area contributed by atoms with E-state index in [1.54, 1.807) is 16.9 Å². The van der Waals surface area contributed by atoms with Crippen LogP contribution >= 0.6 is 11.6 Å². The monoisotopic (exact) mass is 320 g/mol. The number of nitrogens with zero attached hydrogens (tertiary/aromatic N) is 2. The average molecular weight is 321 g/mol. The third-order valence-electron chi connectivity index (χ3n) is 3.37. The lowest BCUT2D eigenvalue weighted by Gasteiger charge is -2.16. The molecule has 0 aliphatic heterocycles. The van der Waals surface area contributed by atoms with E-state index < -0.39 is 0 Å². The third kappa shape index (κ3) is 4.08. The SMILES string of the molecule is CC(C)n1nccc1NC(=O)CN[C@@H](C)c1ccccc1Cl. The first-order chi connectivity index (χ1) is 10.5. The van der Waals surface area contributed by atoms with Crippen LogP contribution in [0.4, 0.5) is 5.82 Å². The van der Waals surface area contributed by atoms with E-state index in [1.165, 1.54) is 0 Å². The molecule has 1 amide bonds. The van der Waals surface area contributed by atoms with Crippen molar-refractivity contribution in [1.82, 2.24) is 15.1 Å². The van der Waals surface area contributed by atoms with E-state index in [1.807, 2.05) is 45.0 Å². The second kappa shape index (κ2) is 7.42. The molecule has 0 saturated heterocycles. The summed E-state index contributed by atoms with van der Waals surface area (Å²) >= 11 is 6.15. The van der Waals surface area contributed by atoms with E-state index in [-0.39, 0.29) is 24.5 Å². The van der Waals surface area contributed by atoms with Gasteiger partial charge in [0.2, 0.25) is 5.91 Å². The molecule has 0 bridgehead atoms. The number of anilines is 1. The van der Waals surface area contributed by atoms with Gasteiger partial charge >= 0.3 is 0 Å². The zero-order valence-electron chi connectivity index (χ0n) is 13.0. The fourth-order valence-electron chi connectivity index (χ4n) is 2.19. The van der Waals surface area contributed by atoms with Crippen LogP contribution in [0.5, 0.6) is 0 Å². The van der Waals surface area contributed by atoms with Crippen LogP contribution in [0.15, 0.2) is 36.5 Å². The zero-order valence-corrected chi connectivity index (χ0v) is 13.8. The Bertz CT molecular complexity index is 639.